The molecule has 0 aliphatic carbocycles. The lowest BCUT2D eigenvalue weighted by molar-refractivity contribution is -0.136. The second-order valence-electron chi connectivity index (χ2n) is 5.31. The smallest absolute Gasteiger partial charge is 0.330 e. The molecule has 0 radical (unpaired) electrons. The van der Waals surface area contributed by atoms with Crippen LogP contribution in [-0.4, -0.2) is 39.6 Å². The summed E-state index contributed by atoms with van der Waals surface area (Å²) in [5.74, 6) is -0.885. The number of anilines is 1. The molecule has 0 aromatic heterocycles. The highest BCUT2D eigenvalue weighted by atomic mass is 32.2. The summed E-state index contributed by atoms with van der Waals surface area (Å²) < 4.78 is 29.8. The molecule has 1 aliphatic rings. The van der Waals surface area contributed by atoms with Crippen LogP contribution in [0, 0.1) is 0 Å². The van der Waals surface area contributed by atoms with Crippen LogP contribution in [0.1, 0.15) is 29.3 Å². The summed E-state index contributed by atoms with van der Waals surface area (Å²) in [6.07, 6.45) is 5.35. The second-order valence-corrected chi connectivity index (χ2v) is 7.22. The maximum Gasteiger partial charge on any atom is 0.330 e. The Kier molecular flexibility index (Phi) is 5.20. The summed E-state index contributed by atoms with van der Waals surface area (Å²) in [5, 5.41) is 0. The minimum atomic E-state index is -3.33. The molecule has 0 saturated heterocycles. The zero-order valence-electron chi connectivity index (χ0n) is 13.1. The highest BCUT2D eigenvalue weighted by molar-refractivity contribution is 7.92. The Morgan fingerprint density at radius 3 is 2.74 bits per heavy atom. The van der Waals surface area contributed by atoms with E-state index in [1.54, 1.807) is 25.1 Å². The lowest BCUT2D eigenvalue weighted by Gasteiger charge is -2.29. The van der Waals surface area contributed by atoms with Crippen LogP contribution in [0.25, 0.3) is 0 Å². The number of rotatable bonds is 5. The van der Waals surface area contributed by atoms with Crippen LogP contribution in [0.5, 0.6) is 0 Å². The van der Waals surface area contributed by atoms with Crippen molar-refractivity contribution in [3.8, 4) is 0 Å². The minimum Gasteiger partial charge on any atom is -0.454 e. The van der Waals surface area contributed by atoms with Crippen molar-refractivity contribution in [2.24, 2.45) is 0 Å². The van der Waals surface area contributed by atoms with Crippen molar-refractivity contribution in [3.05, 3.63) is 41.5 Å². The number of fused-ring (bicyclic) bond motifs is 1. The largest absolute Gasteiger partial charge is 0.454 e. The highest BCUT2D eigenvalue weighted by Crippen LogP contribution is 2.29. The second kappa shape index (κ2) is 6.95. The van der Waals surface area contributed by atoms with Crippen molar-refractivity contribution < 1.29 is 22.7 Å². The SMILES string of the molecule is CC=CC(=O)OCC(=O)c1ccc2c(c1)CCCN2S(C)(=O)=O. The Balaban J connectivity index is 2.18. The molecule has 0 N–H and O–H groups in total. The van der Waals surface area contributed by atoms with Crippen molar-refractivity contribution in [2.75, 3.05) is 23.7 Å². The van der Waals surface area contributed by atoms with Gasteiger partial charge in [-0.25, -0.2) is 13.2 Å². The van der Waals surface area contributed by atoms with Crippen molar-refractivity contribution in [2.45, 2.75) is 19.8 Å². The van der Waals surface area contributed by atoms with E-state index in [4.69, 9.17) is 4.74 Å². The van der Waals surface area contributed by atoms with Crippen molar-refractivity contribution in [1.29, 1.82) is 0 Å². The Labute approximate surface area is 135 Å². The fourth-order valence-corrected chi connectivity index (χ4v) is 3.48. The van der Waals surface area contributed by atoms with Gasteiger partial charge in [-0.3, -0.25) is 9.10 Å². The number of allylic oxidation sites excluding steroid dienone is 1. The number of carbonyl (C=O) groups excluding carboxylic acids is 2. The van der Waals surface area contributed by atoms with Crippen LogP contribution < -0.4 is 4.31 Å². The van der Waals surface area contributed by atoms with E-state index in [2.05, 4.69) is 0 Å². The summed E-state index contributed by atoms with van der Waals surface area (Å²) in [5.41, 5.74) is 1.83. The van der Waals surface area contributed by atoms with E-state index in [9.17, 15) is 18.0 Å². The number of sulfonamides is 1. The fraction of sp³-hybridized carbons (Fsp3) is 0.375. The summed E-state index contributed by atoms with van der Waals surface area (Å²) in [6.45, 7) is 1.79. The number of nitrogens with zero attached hydrogens (tertiary/aromatic N) is 1. The molecule has 0 unspecified atom stereocenters. The van der Waals surface area contributed by atoms with Gasteiger partial charge in [-0.2, -0.15) is 0 Å². The topological polar surface area (TPSA) is 80.8 Å². The first-order chi connectivity index (χ1) is 10.8. The van der Waals surface area contributed by atoms with Gasteiger partial charge in [-0.05, 0) is 43.5 Å². The molecule has 23 heavy (non-hydrogen) atoms. The van der Waals surface area contributed by atoms with E-state index < -0.39 is 16.0 Å². The third kappa shape index (κ3) is 4.19. The predicted octanol–water partition coefficient (Wildman–Crippen LogP) is 1.70. The molecule has 6 nitrogen and oxygen atoms in total. The Morgan fingerprint density at radius 1 is 1.35 bits per heavy atom. The molecule has 0 atom stereocenters. The van der Waals surface area contributed by atoms with Gasteiger partial charge in [0.15, 0.2) is 12.4 Å². The summed E-state index contributed by atoms with van der Waals surface area (Å²) in [7, 11) is -3.33. The summed E-state index contributed by atoms with van der Waals surface area (Å²) >= 11 is 0. The standard InChI is InChI=1S/C16H19NO5S/c1-3-5-16(19)22-11-15(18)13-7-8-14-12(10-13)6-4-9-17(14)23(2,20)21/h3,5,7-8,10H,4,6,9,11H2,1-2H3. The first kappa shape index (κ1) is 17.2. The zero-order valence-corrected chi connectivity index (χ0v) is 13.9. The summed E-state index contributed by atoms with van der Waals surface area (Å²) in [6, 6.07) is 4.88. The monoisotopic (exact) mass is 337 g/mol. The van der Waals surface area contributed by atoms with Crippen LogP contribution >= 0.6 is 0 Å². The van der Waals surface area contributed by atoms with Crippen molar-refractivity contribution in [3.63, 3.8) is 0 Å². The Morgan fingerprint density at radius 2 is 2.09 bits per heavy atom. The van der Waals surface area contributed by atoms with E-state index >= 15 is 0 Å². The molecule has 2 rings (SSSR count). The van der Waals surface area contributed by atoms with E-state index in [-0.39, 0.29) is 12.4 Å². The molecular formula is C16H19NO5S. The van der Waals surface area contributed by atoms with Gasteiger partial charge >= 0.3 is 5.97 Å². The Hall–Kier alpha value is -2.15. The predicted molar refractivity (Wildman–Crippen MR) is 87.1 cm³/mol. The van der Waals surface area contributed by atoms with Gasteiger partial charge in [0.25, 0.3) is 0 Å². The highest BCUT2D eigenvalue weighted by Gasteiger charge is 2.24. The molecule has 0 bridgehead atoms. The molecule has 0 saturated carbocycles. The van der Waals surface area contributed by atoms with E-state index in [0.717, 1.165) is 5.56 Å². The number of aryl methyl sites for hydroxylation is 1. The fourth-order valence-electron chi connectivity index (χ4n) is 2.48. The Bertz CT molecular complexity index is 752. The third-order valence-electron chi connectivity index (χ3n) is 3.53. The molecule has 1 aliphatic heterocycles. The van der Waals surface area contributed by atoms with Gasteiger partial charge in [0.2, 0.25) is 10.0 Å². The quantitative estimate of drug-likeness (QED) is 0.464. The lowest BCUT2D eigenvalue weighted by Crippen LogP contribution is -2.34. The molecule has 124 valence electrons. The third-order valence-corrected chi connectivity index (χ3v) is 4.71. The van der Waals surface area contributed by atoms with Crippen LogP contribution in [0.3, 0.4) is 0 Å². The van der Waals surface area contributed by atoms with Crippen molar-refractivity contribution >= 4 is 27.5 Å². The lowest BCUT2D eigenvalue weighted by atomic mass is 9.99. The number of hydrogen-bond acceptors (Lipinski definition) is 5. The number of hydrogen-bond donors (Lipinski definition) is 0. The molecule has 1 aromatic carbocycles. The average Bonchev–Trinajstić information content (AvgIpc) is 2.50. The maximum absolute atomic E-state index is 12.1. The number of carbonyl (C=O) groups is 2. The van der Waals surface area contributed by atoms with Crippen LogP contribution in [-0.2, 0) is 26.0 Å². The van der Waals surface area contributed by atoms with Crippen LogP contribution in [0.15, 0.2) is 30.4 Å². The number of Topliss-reactive ketones (excluding diaryl/α,β-unsaturated/α-hetero) is 1. The minimum absolute atomic E-state index is 0.317. The number of benzene rings is 1. The first-order valence-corrected chi connectivity index (χ1v) is 9.11. The van der Waals surface area contributed by atoms with Crippen LogP contribution in [0.4, 0.5) is 5.69 Å². The number of ketones is 1. The van der Waals surface area contributed by atoms with Gasteiger partial charge in [0.1, 0.15) is 0 Å². The zero-order chi connectivity index (χ0) is 17.0. The normalized spacial score (nSPS) is 14.6. The van der Waals surface area contributed by atoms with Gasteiger partial charge < -0.3 is 4.74 Å². The molecule has 0 fully saturated rings. The van der Waals surface area contributed by atoms with Gasteiger partial charge in [0, 0.05) is 18.2 Å². The molecule has 0 spiro atoms. The average molecular weight is 337 g/mol. The van der Waals surface area contributed by atoms with E-state index in [0.29, 0.717) is 30.6 Å². The molecule has 1 aromatic rings. The summed E-state index contributed by atoms with van der Waals surface area (Å²) in [4.78, 5) is 23.3. The van der Waals surface area contributed by atoms with Crippen LogP contribution in [0.2, 0.25) is 0 Å². The van der Waals surface area contributed by atoms with Crippen molar-refractivity contribution in [1.82, 2.24) is 0 Å². The van der Waals surface area contributed by atoms with Gasteiger partial charge in [-0.15, -0.1) is 0 Å². The van der Waals surface area contributed by atoms with Gasteiger partial charge in [-0.1, -0.05) is 6.08 Å². The molecular weight excluding hydrogens is 318 g/mol. The number of ether oxygens (including phenoxy) is 1. The molecule has 7 heteroatoms. The first-order valence-electron chi connectivity index (χ1n) is 7.26. The van der Waals surface area contributed by atoms with E-state index in [1.165, 1.54) is 22.7 Å². The maximum atomic E-state index is 12.1. The van der Waals surface area contributed by atoms with Gasteiger partial charge in [0.05, 0.1) is 11.9 Å². The molecule has 1 heterocycles. The molecule has 0 amide bonds. The number of esters is 1. The van der Waals surface area contributed by atoms with E-state index in [1.807, 2.05) is 0 Å².